The molecule has 0 bridgehead atoms. The summed E-state index contributed by atoms with van der Waals surface area (Å²) >= 11 is 5.69. The van der Waals surface area contributed by atoms with E-state index in [1.807, 2.05) is 0 Å². The van der Waals surface area contributed by atoms with Crippen LogP contribution in [0.3, 0.4) is 0 Å². The van der Waals surface area contributed by atoms with Crippen molar-refractivity contribution in [2.24, 2.45) is 11.8 Å². The van der Waals surface area contributed by atoms with Gasteiger partial charge in [-0.15, -0.1) is 0 Å². The van der Waals surface area contributed by atoms with E-state index in [1.54, 1.807) is 6.07 Å². The molecule has 0 radical (unpaired) electrons. The Kier molecular flexibility index (Phi) is 4.94. The van der Waals surface area contributed by atoms with Gasteiger partial charge in [-0.1, -0.05) is 18.5 Å². The summed E-state index contributed by atoms with van der Waals surface area (Å²) in [6.45, 7) is 4.09. The van der Waals surface area contributed by atoms with Crippen molar-refractivity contribution in [2.75, 3.05) is 13.1 Å². The van der Waals surface area contributed by atoms with Crippen LogP contribution in [0.5, 0.6) is 0 Å². The number of carbonyl (C=O) groups excluding carboxylic acids is 1. The topological polar surface area (TPSA) is 29.1 Å². The molecule has 1 N–H and O–H groups in total. The summed E-state index contributed by atoms with van der Waals surface area (Å²) in [5.41, 5.74) is 0.153. The van der Waals surface area contributed by atoms with Gasteiger partial charge in [-0.3, -0.25) is 4.79 Å². The molecule has 1 saturated heterocycles. The normalized spacial score (nSPS) is 21.1. The van der Waals surface area contributed by atoms with Crippen molar-refractivity contribution < 1.29 is 9.18 Å². The molecule has 0 saturated carbocycles. The van der Waals surface area contributed by atoms with Crippen molar-refractivity contribution in [1.29, 1.82) is 0 Å². The van der Waals surface area contributed by atoms with Gasteiger partial charge in [0.25, 0.3) is 0 Å². The first-order valence-electron chi connectivity index (χ1n) is 6.77. The number of nitrogens with one attached hydrogen (secondary N) is 1. The summed E-state index contributed by atoms with van der Waals surface area (Å²) in [5, 5.41) is 3.66. The van der Waals surface area contributed by atoms with Crippen LogP contribution in [-0.2, 0) is 0 Å². The monoisotopic (exact) mass is 283 g/mol. The lowest BCUT2D eigenvalue weighted by Gasteiger charge is -2.28. The highest BCUT2D eigenvalue weighted by molar-refractivity contribution is 6.30. The Hall–Kier alpha value is -0.930. The van der Waals surface area contributed by atoms with Crippen LogP contribution >= 0.6 is 11.6 Å². The van der Waals surface area contributed by atoms with E-state index in [0.717, 1.165) is 25.9 Å². The molecule has 0 aromatic heterocycles. The lowest BCUT2D eigenvalue weighted by Crippen LogP contribution is -2.34. The van der Waals surface area contributed by atoms with Crippen molar-refractivity contribution in [1.82, 2.24) is 5.32 Å². The van der Waals surface area contributed by atoms with Crippen LogP contribution in [0.2, 0.25) is 5.02 Å². The molecule has 1 aromatic rings. The fourth-order valence-corrected chi connectivity index (χ4v) is 2.81. The third-order valence-electron chi connectivity index (χ3n) is 3.88. The number of ketones is 1. The largest absolute Gasteiger partial charge is 0.316 e. The molecule has 2 nitrogen and oxygen atoms in total. The first-order valence-corrected chi connectivity index (χ1v) is 7.14. The van der Waals surface area contributed by atoms with Gasteiger partial charge in [0.15, 0.2) is 5.78 Å². The maximum absolute atomic E-state index is 13.7. The molecule has 104 valence electrons. The first kappa shape index (κ1) is 14.5. The number of benzene rings is 1. The molecule has 1 heterocycles. The summed E-state index contributed by atoms with van der Waals surface area (Å²) in [6.07, 6.45) is 2.69. The van der Waals surface area contributed by atoms with Gasteiger partial charge >= 0.3 is 0 Å². The van der Waals surface area contributed by atoms with Crippen LogP contribution < -0.4 is 5.32 Å². The molecule has 2 unspecified atom stereocenters. The van der Waals surface area contributed by atoms with Gasteiger partial charge in [0, 0.05) is 11.4 Å². The Morgan fingerprint density at radius 2 is 2.37 bits per heavy atom. The summed E-state index contributed by atoms with van der Waals surface area (Å²) in [6, 6.07) is 4.23. The lowest BCUT2D eigenvalue weighted by atomic mass is 9.83. The summed E-state index contributed by atoms with van der Waals surface area (Å²) < 4.78 is 13.7. The molecular weight excluding hydrogens is 265 g/mol. The van der Waals surface area contributed by atoms with Gasteiger partial charge in [-0.2, -0.15) is 0 Å². The molecule has 2 rings (SSSR count). The van der Waals surface area contributed by atoms with Crippen LogP contribution in [0.4, 0.5) is 4.39 Å². The number of carbonyl (C=O) groups is 1. The van der Waals surface area contributed by atoms with Gasteiger partial charge in [-0.05, 0) is 56.0 Å². The standard InChI is InChI=1S/C15H19ClFNO/c1-10(11-3-2-6-18-9-11)7-15(19)13-5-4-12(16)8-14(13)17/h4-5,8,10-11,18H,2-3,6-7,9H2,1H3. The third kappa shape index (κ3) is 3.77. The Balaban J connectivity index is 1.99. The average Bonchev–Trinajstić information content (AvgIpc) is 2.39. The van der Waals surface area contributed by atoms with Crippen molar-refractivity contribution >= 4 is 17.4 Å². The zero-order chi connectivity index (χ0) is 13.8. The van der Waals surface area contributed by atoms with Crippen LogP contribution in [0.1, 0.15) is 36.5 Å². The summed E-state index contributed by atoms with van der Waals surface area (Å²) in [4.78, 5) is 12.1. The predicted molar refractivity (Wildman–Crippen MR) is 75.1 cm³/mol. The van der Waals surface area contributed by atoms with Gasteiger partial charge in [0.1, 0.15) is 5.82 Å². The zero-order valence-corrected chi connectivity index (χ0v) is 11.8. The Labute approximate surface area is 118 Å². The number of piperidine rings is 1. The van der Waals surface area contributed by atoms with Gasteiger partial charge in [0.2, 0.25) is 0 Å². The predicted octanol–water partition coefficient (Wildman–Crippen LogP) is 3.69. The first-order chi connectivity index (χ1) is 9.08. The molecule has 1 fully saturated rings. The van der Waals surface area contributed by atoms with E-state index in [1.165, 1.54) is 12.1 Å². The maximum atomic E-state index is 13.7. The van der Waals surface area contributed by atoms with Crippen LogP contribution in [0, 0.1) is 17.7 Å². The second-order valence-corrected chi connectivity index (χ2v) is 5.77. The molecule has 4 heteroatoms. The molecule has 2 atom stereocenters. The number of Topliss-reactive ketones (excluding diaryl/α,β-unsaturated/α-hetero) is 1. The number of hydrogen-bond acceptors (Lipinski definition) is 2. The van der Waals surface area contributed by atoms with Gasteiger partial charge < -0.3 is 5.32 Å². The molecular formula is C15H19ClFNO. The van der Waals surface area contributed by atoms with Crippen LogP contribution in [0.15, 0.2) is 18.2 Å². The third-order valence-corrected chi connectivity index (χ3v) is 4.11. The lowest BCUT2D eigenvalue weighted by molar-refractivity contribution is 0.0939. The van der Waals surface area contributed by atoms with Crippen LogP contribution in [0.25, 0.3) is 0 Å². The molecule has 0 spiro atoms. The van der Waals surface area contributed by atoms with E-state index in [9.17, 15) is 9.18 Å². The van der Waals surface area contributed by atoms with Gasteiger partial charge in [-0.25, -0.2) is 4.39 Å². The maximum Gasteiger partial charge on any atom is 0.166 e. The van der Waals surface area contributed by atoms with Crippen LogP contribution in [-0.4, -0.2) is 18.9 Å². The molecule has 1 aliphatic heterocycles. The van der Waals surface area contributed by atoms with Crippen molar-refractivity contribution in [2.45, 2.75) is 26.2 Å². The Bertz CT molecular complexity index is 457. The zero-order valence-electron chi connectivity index (χ0n) is 11.1. The Morgan fingerprint density at radius 3 is 3.00 bits per heavy atom. The van der Waals surface area contributed by atoms with E-state index >= 15 is 0 Å². The van der Waals surface area contributed by atoms with E-state index in [-0.39, 0.29) is 17.3 Å². The minimum Gasteiger partial charge on any atom is -0.316 e. The second-order valence-electron chi connectivity index (χ2n) is 5.34. The molecule has 0 aliphatic carbocycles. The van der Waals surface area contributed by atoms with Gasteiger partial charge in [0.05, 0.1) is 5.56 Å². The second kappa shape index (κ2) is 6.49. The van der Waals surface area contributed by atoms with Crippen molar-refractivity contribution in [3.8, 4) is 0 Å². The highest BCUT2D eigenvalue weighted by atomic mass is 35.5. The van der Waals surface area contributed by atoms with E-state index in [0.29, 0.717) is 17.4 Å². The fraction of sp³-hybridized carbons (Fsp3) is 0.533. The summed E-state index contributed by atoms with van der Waals surface area (Å²) in [7, 11) is 0. The number of hydrogen-bond donors (Lipinski definition) is 1. The van der Waals surface area contributed by atoms with Crippen molar-refractivity contribution in [3.63, 3.8) is 0 Å². The average molecular weight is 284 g/mol. The SMILES string of the molecule is CC(CC(=O)c1ccc(Cl)cc1F)C1CCCNC1. The minimum atomic E-state index is -0.522. The highest BCUT2D eigenvalue weighted by Gasteiger charge is 2.23. The Morgan fingerprint density at radius 1 is 1.58 bits per heavy atom. The van der Waals surface area contributed by atoms with E-state index in [4.69, 9.17) is 11.6 Å². The fourth-order valence-electron chi connectivity index (χ4n) is 2.65. The van der Waals surface area contributed by atoms with E-state index in [2.05, 4.69) is 12.2 Å². The molecule has 0 amide bonds. The van der Waals surface area contributed by atoms with E-state index < -0.39 is 5.82 Å². The molecule has 19 heavy (non-hydrogen) atoms. The summed E-state index contributed by atoms with van der Waals surface area (Å²) in [5.74, 6) is 0.127. The molecule has 1 aromatic carbocycles. The number of rotatable bonds is 4. The molecule has 1 aliphatic rings. The van der Waals surface area contributed by atoms with Crippen molar-refractivity contribution in [3.05, 3.63) is 34.6 Å². The number of halogens is 2. The highest BCUT2D eigenvalue weighted by Crippen LogP contribution is 2.25. The quantitative estimate of drug-likeness (QED) is 0.854. The smallest absolute Gasteiger partial charge is 0.166 e. The minimum absolute atomic E-state index is 0.132.